The highest BCUT2D eigenvalue weighted by molar-refractivity contribution is 5.20. The molecule has 1 aliphatic carbocycles. The monoisotopic (exact) mass is 328 g/mol. The molecular formula is C16H28N2O5. The maximum atomic E-state index is 9.92. The van der Waals surface area contributed by atoms with Crippen molar-refractivity contribution in [3.8, 4) is 0 Å². The van der Waals surface area contributed by atoms with E-state index >= 15 is 0 Å². The summed E-state index contributed by atoms with van der Waals surface area (Å²) in [5.74, 6) is 0.812. The van der Waals surface area contributed by atoms with Crippen LogP contribution in [0.1, 0.15) is 29.9 Å². The van der Waals surface area contributed by atoms with Crippen molar-refractivity contribution in [2.45, 2.75) is 45.4 Å². The van der Waals surface area contributed by atoms with Crippen molar-refractivity contribution in [2.75, 3.05) is 33.5 Å². The lowest BCUT2D eigenvalue weighted by molar-refractivity contribution is 0.0111. The summed E-state index contributed by atoms with van der Waals surface area (Å²) in [5, 5.41) is 27.2. The lowest BCUT2D eigenvalue weighted by atomic mass is 9.86. The highest BCUT2D eigenvalue weighted by Crippen LogP contribution is 2.38. The second kappa shape index (κ2) is 8.21. The molecule has 0 radical (unpaired) electrons. The van der Waals surface area contributed by atoms with E-state index in [1.807, 2.05) is 13.8 Å². The summed E-state index contributed by atoms with van der Waals surface area (Å²) in [6.07, 6.45) is -0.338. The summed E-state index contributed by atoms with van der Waals surface area (Å²) in [6.45, 7) is 6.64. The molecule has 1 saturated carbocycles. The lowest BCUT2D eigenvalue weighted by Crippen LogP contribution is -2.37. The van der Waals surface area contributed by atoms with Crippen molar-refractivity contribution in [2.24, 2.45) is 5.41 Å². The van der Waals surface area contributed by atoms with Gasteiger partial charge in [-0.1, -0.05) is 5.16 Å². The van der Waals surface area contributed by atoms with Crippen LogP contribution in [0.2, 0.25) is 0 Å². The number of hydrogen-bond acceptors (Lipinski definition) is 7. The summed E-state index contributed by atoms with van der Waals surface area (Å²) in [6, 6.07) is 0. The van der Waals surface area contributed by atoms with Gasteiger partial charge in [0.2, 0.25) is 0 Å². The van der Waals surface area contributed by atoms with Crippen molar-refractivity contribution < 1.29 is 24.2 Å². The standard InChI is InChI=1S/C16H28N2O5/c1-11-13(12(2)23-18-11)8-17-9-16(10-22-5-4-21-3)6-14(19)15(20)7-16/h14-15,17,19-20H,4-10H2,1-3H3/t14-,15+,16?. The van der Waals surface area contributed by atoms with Gasteiger partial charge in [-0.25, -0.2) is 0 Å². The fourth-order valence-corrected chi connectivity index (χ4v) is 3.19. The summed E-state index contributed by atoms with van der Waals surface area (Å²) >= 11 is 0. The van der Waals surface area contributed by atoms with Crippen LogP contribution in [0.5, 0.6) is 0 Å². The molecule has 0 spiro atoms. The predicted molar refractivity (Wildman–Crippen MR) is 84.1 cm³/mol. The van der Waals surface area contributed by atoms with Crippen molar-refractivity contribution >= 4 is 0 Å². The van der Waals surface area contributed by atoms with Crippen LogP contribution in [0.25, 0.3) is 0 Å². The highest BCUT2D eigenvalue weighted by atomic mass is 16.5. The van der Waals surface area contributed by atoms with E-state index in [2.05, 4.69) is 10.5 Å². The van der Waals surface area contributed by atoms with E-state index < -0.39 is 12.2 Å². The number of ether oxygens (including phenoxy) is 2. The number of hydrogen-bond donors (Lipinski definition) is 3. The molecule has 23 heavy (non-hydrogen) atoms. The van der Waals surface area contributed by atoms with Crippen LogP contribution < -0.4 is 5.32 Å². The van der Waals surface area contributed by atoms with E-state index in [0.717, 1.165) is 17.0 Å². The first kappa shape index (κ1) is 18.4. The number of nitrogens with one attached hydrogen (secondary N) is 1. The zero-order chi connectivity index (χ0) is 16.9. The van der Waals surface area contributed by atoms with Gasteiger partial charge in [0.05, 0.1) is 37.7 Å². The third kappa shape index (κ3) is 4.74. The molecule has 3 N–H and O–H groups in total. The van der Waals surface area contributed by atoms with Crippen LogP contribution >= 0.6 is 0 Å². The van der Waals surface area contributed by atoms with Gasteiger partial charge >= 0.3 is 0 Å². The Bertz CT molecular complexity index is 461. The zero-order valence-corrected chi connectivity index (χ0v) is 14.2. The normalized spacial score (nSPS) is 27.7. The van der Waals surface area contributed by atoms with E-state index in [0.29, 0.717) is 45.8 Å². The summed E-state index contributed by atoms with van der Waals surface area (Å²) in [7, 11) is 1.63. The summed E-state index contributed by atoms with van der Waals surface area (Å²) in [4.78, 5) is 0. The van der Waals surface area contributed by atoms with E-state index in [1.165, 1.54) is 0 Å². The Morgan fingerprint density at radius 2 is 1.96 bits per heavy atom. The molecule has 0 bridgehead atoms. The van der Waals surface area contributed by atoms with Gasteiger partial charge in [-0.15, -0.1) is 0 Å². The van der Waals surface area contributed by atoms with Gasteiger partial charge in [-0.3, -0.25) is 0 Å². The average Bonchev–Trinajstić information content (AvgIpc) is 2.97. The van der Waals surface area contributed by atoms with Crippen molar-refractivity contribution in [1.29, 1.82) is 0 Å². The van der Waals surface area contributed by atoms with E-state index in [-0.39, 0.29) is 5.41 Å². The maximum Gasteiger partial charge on any atom is 0.138 e. The Kier molecular flexibility index (Phi) is 6.55. The van der Waals surface area contributed by atoms with Crippen LogP contribution in [0.4, 0.5) is 0 Å². The van der Waals surface area contributed by atoms with Crippen LogP contribution in [-0.2, 0) is 16.0 Å². The van der Waals surface area contributed by atoms with Gasteiger partial charge in [0.1, 0.15) is 5.76 Å². The van der Waals surface area contributed by atoms with Gasteiger partial charge in [0, 0.05) is 31.2 Å². The van der Waals surface area contributed by atoms with Crippen LogP contribution in [0.3, 0.4) is 0 Å². The molecule has 3 atom stereocenters. The number of aliphatic hydroxyl groups excluding tert-OH is 2. The van der Waals surface area contributed by atoms with Crippen LogP contribution in [0.15, 0.2) is 4.52 Å². The van der Waals surface area contributed by atoms with Crippen molar-refractivity contribution in [3.05, 3.63) is 17.0 Å². The van der Waals surface area contributed by atoms with E-state index in [9.17, 15) is 10.2 Å². The topological polar surface area (TPSA) is 97.0 Å². The smallest absolute Gasteiger partial charge is 0.138 e. The van der Waals surface area contributed by atoms with E-state index in [4.69, 9.17) is 14.0 Å². The Hall–Kier alpha value is -0.990. The minimum Gasteiger partial charge on any atom is -0.390 e. The Balaban J connectivity index is 1.90. The molecular weight excluding hydrogens is 300 g/mol. The number of aryl methyl sites for hydroxylation is 2. The molecule has 0 aliphatic heterocycles. The molecule has 2 rings (SSSR count). The largest absolute Gasteiger partial charge is 0.390 e. The Morgan fingerprint density at radius 1 is 1.26 bits per heavy atom. The summed E-state index contributed by atoms with van der Waals surface area (Å²) in [5.41, 5.74) is 1.66. The number of aromatic nitrogens is 1. The number of aliphatic hydroxyl groups is 2. The number of rotatable bonds is 9. The third-order valence-electron chi connectivity index (χ3n) is 4.55. The molecule has 0 saturated heterocycles. The molecule has 7 nitrogen and oxygen atoms in total. The average molecular weight is 328 g/mol. The molecule has 1 fully saturated rings. The van der Waals surface area contributed by atoms with E-state index in [1.54, 1.807) is 7.11 Å². The quantitative estimate of drug-likeness (QED) is 0.569. The molecule has 7 heteroatoms. The highest BCUT2D eigenvalue weighted by Gasteiger charge is 2.44. The molecule has 1 aromatic rings. The van der Waals surface area contributed by atoms with Gasteiger partial charge in [-0.05, 0) is 26.7 Å². The third-order valence-corrected chi connectivity index (χ3v) is 4.55. The van der Waals surface area contributed by atoms with Crippen LogP contribution in [-0.4, -0.2) is 61.1 Å². The molecule has 1 unspecified atom stereocenters. The van der Waals surface area contributed by atoms with Crippen molar-refractivity contribution in [3.63, 3.8) is 0 Å². The van der Waals surface area contributed by atoms with Gasteiger partial charge in [0.15, 0.2) is 0 Å². The molecule has 1 aliphatic rings. The molecule has 0 aromatic carbocycles. The first-order chi connectivity index (χ1) is 11.0. The second-order valence-corrected chi connectivity index (χ2v) is 6.49. The molecule has 132 valence electrons. The predicted octanol–water partition coefficient (Wildman–Crippen LogP) is 0.546. The minimum absolute atomic E-state index is 0.272. The zero-order valence-electron chi connectivity index (χ0n) is 14.2. The first-order valence-corrected chi connectivity index (χ1v) is 8.03. The Labute approximate surface area is 137 Å². The summed E-state index contributed by atoms with van der Waals surface area (Å²) < 4.78 is 15.8. The second-order valence-electron chi connectivity index (χ2n) is 6.49. The lowest BCUT2D eigenvalue weighted by Gasteiger charge is -2.29. The fraction of sp³-hybridized carbons (Fsp3) is 0.812. The van der Waals surface area contributed by atoms with Crippen molar-refractivity contribution in [1.82, 2.24) is 10.5 Å². The van der Waals surface area contributed by atoms with Gasteiger partial charge in [-0.2, -0.15) is 0 Å². The SMILES string of the molecule is COCCOCC1(CNCc2c(C)noc2C)C[C@@H](O)[C@@H](O)C1. The fourth-order valence-electron chi connectivity index (χ4n) is 3.19. The number of nitrogens with zero attached hydrogens (tertiary/aromatic N) is 1. The minimum atomic E-state index is -0.693. The molecule has 1 heterocycles. The van der Waals surface area contributed by atoms with Gasteiger partial charge < -0.3 is 29.5 Å². The number of methoxy groups -OCH3 is 1. The Morgan fingerprint density at radius 3 is 2.52 bits per heavy atom. The maximum absolute atomic E-state index is 9.92. The molecule has 1 aromatic heterocycles. The first-order valence-electron chi connectivity index (χ1n) is 8.03. The molecule has 0 amide bonds. The van der Waals surface area contributed by atoms with Crippen LogP contribution in [0, 0.1) is 19.3 Å². The van der Waals surface area contributed by atoms with Gasteiger partial charge in [0.25, 0.3) is 0 Å².